The third-order valence-electron chi connectivity index (χ3n) is 2.30. The van der Waals surface area contributed by atoms with Gasteiger partial charge in [0.15, 0.2) is 5.78 Å². The number of rotatable bonds is 3. The van der Waals surface area contributed by atoms with Gasteiger partial charge < -0.3 is 0 Å². The Balaban J connectivity index is 2.91. The maximum absolute atomic E-state index is 11.9. The monoisotopic (exact) mass is 260 g/mol. The summed E-state index contributed by atoms with van der Waals surface area (Å²) in [5.41, 5.74) is -0.232. The number of Topliss-reactive ketones (excluding diaryl/α,β-unsaturated/α-hetero) is 1. The van der Waals surface area contributed by atoms with Crippen LogP contribution in [0.4, 0.5) is 0 Å². The summed E-state index contributed by atoms with van der Waals surface area (Å²) in [4.78, 5) is 12.7. The second-order valence-corrected chi connectivity index (χ2v) is 6.13. The van der Waals surface area contributed by atoms with Crippen LogP contribution in [-0.4, -0.2) is 5.78 Å². The molecule has 1 aromatic heterocycles. The summed E-state index contributed by atoms with van der Waals surface area (Å²) in [7, 11) is 0. The first-order valence-corrected chi connectivity index (χ1v) is 5.88. The van der Waals surface area contributed by atoms with Crippen LogP contribution in [0.15, 0.2) is 15.9 Å². The van der Waals surface area contributed by atoms with Crippen molar-refractivity contribution < 1.29 is 4.79 Å². The largest absolute Gasteiger partial charge is 0.293 e. The summed E-state index contributed by atoms with van der Waals surface area (Å²) in [6.45, 7) is 6.02. The van der Waals surface area contributed by atoms with Crippen LogP contribution in [0.25, 0.3) is 0 Å². The Morgan fingerprint density at radius 2 is 2.15 bits per heavy atom. The van der Waals surface area contributed by atoms with Gasteiger partial charge in [-0.15, -0.1) is 11.3 Å². The van der Waals surface area contributed by atoms with Crippen LogP contribution < -0.4 is 0 Å². The summed E-state index contributed by atoms with van der Waals surface area (Å²) in [5, 5.41) is 0. The van der Waals surface area contributed by atoms with Gasteiger partial charge in [0.1, 0.15) is 0 Å². The average molecular weight is 261 g/mol. The van der Waals surface area contributed by atoms with E-state index >= 15 is 0 Å². The van der Waals surface area contributed by atoms with Crippen LogP contribution >= 0.6 is 27.3 Å². The van der Waals surface area contributed by atoms with Crippen LogP contribution in [0.1, 0.15) is 36.9 Å². The van der Waals surface area contributed by atoms with Gasteiger partial charge in [0.25, 0.3) is 0 Å². The van der Waals surface area contributed by atoms with Crippen molar-refractivity contribution in [3.05, 3.63) is 20.8 Å². The highest BCUT2D eigenvalue weighted by Crippen LogP contribution is 2.30. The van der Waals surface area contributed by atoms with Gasteiger partial charge in [-0.25, -0.2) is 0 Å². The van der Waals surface area contributed by atoms with Gasteiger partial charge in [-0.3, -0.25) is 4.79 Å². The summed E-state index contributed by atoms with van der Waals surface area (Å²) in [6, 6.07) is 3.80. The van der Waals surface area contributed by atoms with Gasteiger partial charge in [-0.2, -0.15) is 0 Å². The molecule has 0 aliphatic rings. The third kappa shape index (κ3) is 2.41. The van der Waals surface area contributed by atoms with Crippen molar-refractivity contribution >= 4 is 33.0 Å². The van der Waals surface area contributed by atoms with E-state index in [0.717, 1.165) is 15.1 Å². The molecule has 72 valence electrons. The lowest BCUT2D eigenvalue weighted by Crippen LogP contribution is -2.22. The molecule has 1 aromatic rings. The number of hydrogen-bond donors (Lipinski definition) is 0. The minimum atomic E-state index is -0.232. The van der Waals surface area contributed by atoms with E-state index in [4.69, 9.17) is 0 Å². The molecule has 1 rings (SSSR count). The first-order valence-electron chi connectivity index (χ1n) is 4.27. The molecule has 0 atom stereocenters. The number of hydrogen-bond acceptors (Lipinski definition) is 2. The van der Waals surface area contributed by atoms with E-state index in [2.05, 4.69) is 15.9 Å². The van der Waals surface area contributed by atoms with E-state index in [1.54, 1.807) is 0 Å². The predicted molar refractivity (Wildman–Crippen MR) is 60.4 cm³/mol. The molecule has 1 nitrogen and oxygen atoms in total. The van der Waals surface area contributed by atoms with Crippen molar-refractivity contribution in [3.63, 3.8) is 0 Å². The Morgan fingerprint density at radius 1 is 1.54 bits per heavy atom. The van der Waals surface area contributed by atoms with Crippen LogP contribution in [0, 0.1) is 5.41 Å². The molecule has 0 aliphatic heterocycles. The van der Waals surface area contributed by atoms with Gasteiger partial charge in [0, 0.05) is 5.41 Å². The molecule has 3 heteroatoms. The molecule has 0 aromatic carbocycles. The quantitative estimate of drug-likeness (QED) is 0.748. The Kier molecular flexibility index (Phi) is 3.30. The molecular weight excluding hydrogens is 248 g/mol. The van der Waals surface area contributed by atoms with Crippen LogP contribution in [0.3, 0.4) is 0 Å². The minimum Gasteiger partial charge on any atom is -0.293 e. The highest BCUT2D eigenvalue weighted by Gasteiger charge is 2.27. The number of carbonyl (C=O) groups excluding carboxylic acids is 1. The summed E-state index contributed by atoms with van der Waals surface area (Å²) in [6.07, 6.45) is 0.876. The lowest BCUT2D eigenvalue weighted by atomic mass is 9.85. The average Bonchev–Trinajstić information content (AvgIpc) is 2.50. The second kappa shape index (κ2) is 3.93. The zero-order valence-corrected chi connectivity index (χ0v) is 10.5. The molecule has 0 radical (unpaired) electrons. The minimum absolute atomic E-state index is 0.232. The summed E-state index contributed by atoms with van der Waals surface area (Å²) >= 11 is 4.86. The normalized spacial score (nSPS) is 11.7. The third-order valence-corrected chi connectivity index (χ3v) is 3.92. The predicted octanol–water partition coefficient (Wildman–Crippen LogP) is 4.13. The molecule has 0 aliphatic carbocycles. The molecule has 0 fully saturated rings. The lowest BCUT2D eigenvalue weighted by molar-refractivity contribution is 0.0837. The van der Waals surface area contributed by atoms with Crippen molar-refractivity contribution in [1.29, 1.82) is 0 Å². The van der Waals surface area contributed by atoms with Gasteiger partial charge in [-0.05, 0) is 34.5 Å². The maximum Gasteiger partial charge on any atom is 0.178 e. The Hall–Kier alpha value is -0.150. The molecule has 0 amide bonds. The zero-order chi connectivity index (χ0) is 10.1. The maximum atomic E-state index is 11.9. The fourth-order valence-electron chi connectivity index (χ4n) is 0.930. The number of halogens is 1. The van der Waals surface area contributed by atoms with E-state index in [9.17, 15) is 4.79 Å². The molecule has 13 heavy (non-hydrogen) atoms. The molecule has 0 bridgehead atoms. The molecule has 0 N–H and O–H groups in total. The number of carbonyl (C=O) groups is 1. The molecule has 0 saturated heterocycles. The van der Waals surface area contributed by atoms with Gasteiger partial charge >= 0.3 is 0 Å². The molecule has 0 spiro atoms. The SMILES string of the molecule is CCC(C)(C)C(=O)c1ccc(Br)s1. The van der Waals surface area contributed by atoms with Crippen molar-refractivity contribution in [2.75, 3.05) is 0 Å². The number of ketones is 1. The van der Waals surface area contributed by atoms with Crippen LogP contribution in [0.2, 0.25) is 0 Å². The van der Waals surface area contributed by atoms with Crippen molar-refractivity contribution in [2.45, 2.75) is 27.2 Å². The van der Waals surface area contributed by atoms with Crippen molar-refractivity contribution in [2.24, 2.45) is 5.41 Å². The van der Waals surface area contributed by atoms with Crippen LogP contribution in [0.5, 0.6) is 0 Å². The van der Waals surface area contributed by atoms with E-state index in [0.29, 0.717) is 0 Å². The van der Waals surface area contributed by atoms with Crippen molar-refractivity contribution in [1.82, 2.24) is 0 Å². The first kappa shape index (κ1) is 10.9. The Labute approximate surface area is 91.3 Å². The topological polar surface area (TPSA) is 17.1 Å². The van der Waals surface area contributed by atoms with Crippen LogP contribution in [-0.2, 0) is 0 Å². The highest BCUT2D eigenvalue weighted by atomic mass is 79.9. The number of thiophene rings is 1. The first-order chi connectivity index (χ1) is 5.97. The molecule has 0 unspecified atom stereocenters. The Morgan fingerprint density at radius 3 is 2.54 bits per heavy atom. The van der Waals surface area contributed by atoms with E-state index in [1.807, 2.05) is 32.9 Å². The second-order valence-electron chi connectivity index (χ2n) is 3.67. The standard InChI is InChI=1S/C10H13BrOS/c1-4-10(2,3)9(12)7-5-6-8(11)13-7/h5-6H,4H2,1-3H3. The van der Waals surface area contributed by atoms with E-state index in [-0.39, 0.29) is 11.2 Å². The Bertz CT molecular complexity index is 314. The summed E-state index contributed by atoms with van der Waals surface area (Å²) < 4.78 is 1.02. The highest BCUT2D eigenvalue weighted by molar-refractivity contribution is 9.11. The van der Waals surface area contributed by atoms with Gasteiger partial charge in [-0.1, -0.05) is 20.8 Å². The molecule has 1 heterocycles. The lowest BCUT2D eigenvalue weighted by Gasteiger charge is -2.19. The van der Waals surface area contributed by atoms with Gasteiger partial charge in [0.2, 0.25) is 0 Å². The summed E-state index contributed by atoms with van der Waals surface area (Å²) in [5.74, 6) is 0.241. The molecule has 0 saturated carbocycles. The van der Waals surface area contributed by atoms with Gasteiger partial charge in [0.05, 0.1) is 8.66 Å². The van der Waals surface area contributed by atoms with Crippen molar-refractivity contribution in [3.8, 4) is 0 Å². The van der Waals surface area contributed by atoms with E-state index < -0.39 is 0 Å². The van der Waals surface area contributed by atoms with E-state index in [1.165, 1.54) is 11.3 Å². The fourth-order valence-corrected chi connectivity index (χ4v) is 2.44. The zero-order valence-electron chi connectivity index (χ0n) is 8.06. The smallest absolute Gasteiger partial charge is 0.178 e. The molecular formula is C10H13BrOS. The fraction of sp³-hybridized carbons (Fsp3) is 0.500.